The second-order valence-corrected chi connectivity index (χ2v) is 22.1. The van der Waals surface area contributed by atoms with Gasteiger partial charge in [0.1, 0.15) is 29.8 Å². The smallest absolute Gasteiger partial charge is 0.417 e. The highest BCUT2D eigenvalue weighted by atomic mass is 32.2. The second-order valence-electron chi connectivity index (χ2n) is 20.8. The number of unbranched alkanes of at least 4 members (excludes halogenated alkanes) is 1. The average Bonchev–Trinajstić information content (AvgIpc) is 3.91. The molecule has 1 aromatic heterocycles. The van der Waals surface area contributed by atoms with Crippen LogP contribution < -0.4 is 26.6 Å². The highest BCUT2D eigenvalue weighted by Crippen LogP contribution is 2.43. The number of allylic oxidation sites excluding steroid dienone is 1. The van der Waals surface area contributed by atoms with E-state index in [4.69, 9.17) is 9.47 Å². The van der Waals surface area contributed by atoms with E-state index in [1.54, 1.807) is 78.5 Å². The maximum Gasteiger partial charge on any atom is 0.417 e. The molecular formula is C57H64F6N8O11S. The number of aliphatic hydroxyl groups excluding tert-OH is 2. The van der Waals surface area contributed by atoms with Gasteiger partial charge in [0.05, 0.1) is 48.6 Å². The normalized spacial score (nSPS) is 24.5. The molecule has 3 saturated heterocycles. The number of carboxylic acid groups (broad SMARTS) is 1. The number of alkyl halides is 6. The molecular weight excluding hydrogens is 1120 g/mol. The minimum absolute atomic E-state index is 0.00690. The zero-order valence-corrected chi connectivity index (χ0v) is 45.6. The zero-order chi connectivity index (χ0) is 59.4. The first kappa shape index (κ1) is 62.1. The van der Waals surface area contributed by atoms with Crippen molar-refractivity contribution in [2.24, 2.45) is 11.8 Å². The molecule has 3 aliphatic heterocycles. The summed E-state index contributed by atoms with van der Waals surface area (Å²) in [5.41, 5.74) is -4.29. The third kappa shape index (κ3) is 16.6. The van der Waals surface area contributed by atoms with Gasteiger partial charge in [0.25, 0.3) is 0 Å². The number of carbonyl (C=O) groups excluding carboxylic acids is 5. The van der Waals surface area contributed by atoms with Crippen molar-refractivity contribution in [2.75, 3.05) is 25.4 Å². The number of aliphatic hydroxyl groups is 2. The maximum atomic E-state index is 14.7. The second kappa shape index (κ2) is 28.1. The number of rotatable bonds is 26. The van der Waals surface area contributed by atoms with E-state index >= 15 is 0 Å². The number of amides is 4. The molecule has 4 aliphatic rings. The fourth-order valence-corrected chi connectivity index (χ4v) is 12.3. The molecule has 0 radical (unpaired) electrons. The standard InChI is InChI=1S/C57H64F6N8O11S/c58-56(59,60)39-25-36(26-40(57(61,62)63)38(39)19-21-47(74)65-23-22-64-46(73)13-7-6-12-45-49-42(31-83-45)67-55(80)68-49)41-29-71(70-69-41)30-44-52(78)53(79)50(66-28-32-14-16-34(17-15-32)51(77)33-9-3-1-4-10-33)54(82-44)81-24-8-2-5-11-37-35(27-48(75)76)18-20-43(37)72/h1-5,9-10,14-17,19,21,25-26,29,35,37,42,44-45,49-50,52-54,66,78-79H,6-8,11-13,18,20,22-24,27-28,30-31H2,(H,64,73)(H,65,74)(H,75,76)(H2,67,68,80)/b5-2-,21-19+/t35-,37-,42+,44-,45+,49+,50-,52+,53-,54-/m1/s1. The molecule has 26 heteroatoms. The topological polar surface area (TPSA) is 272 Å². The number of nitrogens with zero attached hydrogens (tertiary/aromatic N) is 3. The monoisotopic (exact) mass is 1180 g/mol. The lowest BCUT2D eigenvalue weighted by atomic mass is 9.89. The van der Waals surface area contributed by atoms with Gasteiger partial charge < -0.3 is 51.4 Å². The largest absolute Gasteiger partial charge is 0.481 e. The Labute approximate surface area is 477 Å². The molecule has 1 aliphatic carbocycles. The summed E-state index contributed by atoms with van der Waals surface area (Å²) >= 11 is 1.75. The van der Waals surface area contributed by atoms with Gasteiger partial charge in [-0.15, -0.1) is 5.10 Å². The first-order valence-electron chi connectivity index (χ1n) is 27.2. The van der Waals surface area contributed by atoms with Crippen LogP contribution >= 0.6 is 11.8 Å². The lowest BCUT2D eigenvalue weighted by Gasteiger charge is -2.43. The van der Waals surface area contributed by atoms with Gasteiger partial charge in [-0.2, -0.15) is 38.1 Å². The molecule has 3 aromatic carbocycles. The Bertz CT molecular complexity index is 2970. The molecule has 10 atom stereocenters. The van der Waals surface area contributed by atoms with Crippen molar-refractivity contribution in [1.82, 2.24) is 41.6 Å². The van der Waals surface area contributed by atoms with Crippen LogP contribution in [-0.4, -0.2) is 139 Å². The summed E-state index contributed by atoms with van der Waals surface area (Å²) in [6.45, 7) is -0.589. The van der Waals surface area contributed by atoms with Gasteiger partial charge in [0, 0.05) is 78.6 Å². The predicted molar refractivity (Wildman–Crippen MR) is 290 cm³/mol. The molecule has 0 spiro atoms. The van der Waals surface area contributed by atoms with Crippen molar-refractivity contribution in [1.29, 1.82) is 0 Å². The summed E-state index contributed by atoms with van der Waals surface area (Å²) in [7, 11) is 0. The third-order valence-electron chi connectivity index (χ3n) is 15.0. The van der Waals surface area contributed by atoms with Crippen molar-refractivity contribution in [3.63, 3.8) is 0 Å². The SMILES string of the molecule is O=C(O)C[C@H]1CCC(=O)[C@@H]1C/C=C\CCO[C@@H]1O[C@H](Cn2cc(-c3cc(C(F)(F)F)c(/C=C/C(=O)NCCNC(=O)CCCC[C@@H]4SC[C@@H]5NC(=O)N[C@@H]54)c(C(F)(F)F)c3)nn2)[C@H](O)[C@H](O)[C@H]1NCc1ccc(C(=O)c2ccccc2)cc1. The molecule has 4 aromatic rings. The van der Waals surface area contributed by atoms with Crippen molar-refractivity contribution < 1.29 is 79.9 Å². The van der Waals surface area contributed by atoms with Crippen LogP contribution in [0.3, 0.4) is 0 Å². The molecule has 19 nitrogen and oxygen atoms in total. The molecule has 4 heterocycles. The number of fused-ring (bicyclic) bond motifs is 1. The number of carboxylic acids is 1. The van der Waals surface area contributed by atoms with Crippen molar-refractivity contribution in [3.05, 3.63) is 125 Å². The van der Waals surface area contributed by atoms with Crippen LogP contribution in [0.5, 0.6) is 0 Å². The van der Waals surface area contributed by atoms with Crippen LogP contribution in [0.15, 0.2) is 91.2 Å². The fraction of sp³-hybridized carbons (Fsp3) is 0.474. The van der Waals surface area contributed by atoms with Crippen LogP contribution in [-0.2, 0) is 54.1 Å². The van der Waals surface area contributed by atoms with Gasteiger partial charge in [0.15, 0.2) is 12.1 Å². The lowest BCUT2D eigenvalue weighted by Crippen LogP contribution is -2.63. The van der Waals surface area contributed by atoms with E-state index in [1.807, 2.05) is 0 Å². The van der Waals surface area contributed by atoms with E-state index in [0.717, 1.165) is 29.5 Å². The molecule has 8 N–H and O–H groups in total. The van der Waals surface area contributed by atoms with E-state index in [-0.39, 0.29) is 92.3 Å². The van der Waals surface area contributed by atoms with Crippen molar-refractivity contribution in [2.45, 2.75) is 131 Å². The third-order valence-corrected chi connectivity index (χ3v) is 16.5. The van der Waals surface area contributed by atoms with Crippen LogP contribution in [0.2, 0.25) is 0 Å². The predicted octanol–water partition coefficient (Wildman–Crippen LogP) is 6.21. The van der Waals surface area contributed by atoms with Gasteiger partial charge in [0.2, 0.25) is 11.8 Å². The summed E-state index contributed by atoms with van der Waals surface area (Å²) in [5.74, 6) is -2.43. The Balaban J connectivity index is 0.895. The number of ether oxygens (including phenoxy) is 2. The number of thioether (sulfide) groups is 1. The molecule has 4 amide bonds. The highest BCUT2D eigenvalue weighted by molar-refractivity contribution is 8.00. The molecule has 1 saturated carbocycles. The molecule has 4 fully saturated rings. The summed E-state index contributed by atoms with van der Waals surface area (Å²) in [4.78, 5) is 73.5. The Morgan fingerprint density at radius 3 is 2.31 bits per heavy atom. The Hall–Kier alpha value is -6.97. The number of aromatic nitrogens is 3. The summed E-state index contributed by atoms with van der Waals surface area (Å²) < 4.78 is 101. The number of urea groups is 1. The van der Waals surface area contributed by atoms with Gasteiger partial charge in [-0.25, -0.2) is 9.48 Å². The summed E-state index contributed by atoms with van der Waals surface area (Å²) in [6, 6.07) is 15.1. The van der Waals surface area contributed by atoms with E-state index in [0.29, 0.717) is 66.7 Å². The summed E-state index contributed by atoms with van der Waals surface area (Å²) in [6.07, 6.45) is -7.59. The lowest BCUT2D eigenvalue weighted by molar-refractivity contribution is -0.268. The van der Waals surface area contributed by atoms with E-state index < -0.39 is 95.3 Å². The molecule has 446 valence electrons. The van der Waals surface area contributed by atoms with E-state index in [2.05, 4.69) is 36.9 Å². The number of hydrogen-bond acceptors (Lipinski definition) is 14. The Morgan fingerprint density at radius 1 is 0.892 bits per heavy atom. The van der Waals surface area contributed by atoms with E-state index in [1.165, 1.54) is 0 Å². The number of halogens is 6. The van der Waals surface area contributed by atoms with Gasteiger partial charge in [-0.1, -0.05) is 78.4 Å². The molecule has 83 heavy (non-hydrogen) atoms. The summed E-state index contributed by atoms with van der Waals surface area (Å²) in [5, 5.41) is 54.2. The highest BCUT2D eigenvalue weighted by Gasteiger charge is 2.46. The van der Waals surface area contributed by atoms with Crippen molar-refractivity contribution in [3.8, 4) is 11.3 Å². The molecule has 8 rings (SSSR count). The Kier molecular flexibility index (Phi) is 21.0. The van der Waals surface area contributed by atoms with Crippen LogP contribution in [0.1, 0.15) is 96.0 Å². The minimum Gasteiger partial charge on any atom is -0.481 e. The van der Waals surface area contributed by atoms with Gasteiger partial charge in [-0.3, -0.25) is 24.0 Å². The van der Waals surface area contributed by atoms with E-state index in [9.17, 15) is 70.4 Å². The number of carbonyl (C=O) groups is 6. The maximum absolute atomic E-state index is 14.7. The number of ketones is 2. The average molecular weight is 1180 g/mol. The molecule has 0 unspecified atom stereocenters. The first-order chi connectivity index (χ1) is 39.6. The zero-order valence-electron chi connectivity index (χ0n) is 44.7. The van der Waals surface area contributed by atoms with Gasteiger partial charge >= 0.3 is 24.4 Å². The van der Waals surface area contributed by atoms with Crippen molar-refractivity contribution >= 4 is 53.2 Å². The van der Waals surface area contributed by atoms with Gasteiger partial charge in [-0.05, 0) is 67.4 Å². The fourth-order valence-electron chi connectivity index (χ4n) is 10.7. The minimum atomic E-state index is -5.37. The molecule has 0 bridgehead atoms. The number of aliphatic carboxylic acids is 1. The number of hydrogen-bond donors (Lipinski definition) is 8. The number of benzene rings is 3. The van der Waals surface area contributed by atoms with Crippen LogP contribution in [0.25, 0.3) is 17.3 Å². The number of Topliss-reactive ketones (excluding diaryl/α,β-unsaturated/α-hetero) is 1. The first-order valence-corrected chi connectivity index (χ1v) is 28.3. The Morgan fingerprint density at radius 2 is 1.60 bits per heavy atom. The number of nitrogens with one attached hydrogen (secondary N) is 5. The van der Waals surface area contributed by atoms with Crippen LogP contribution in [0.4, 0.5) is 31.1 Å². The quantitative estimate of drug-likeness (QED) is 0.00867. The van der Waals surface area contributed by atoms with Crippen LogP contribution in [0, 0.1) is 11.8 Å².